The molecule has 29 heavy (non-hydrogen) atoms. The van der Waals surface area contributed by atoms with Gasteiger partial charge in [-0.1, -0.05) is 6.07 Å². The third-order valence-corrected chi connectivity index (χ3v) is 5.04. The molecule has 1 fully saturated rings. The number of ether oxygens (including phenoxy) is 1. The molecule has 1 unspecified atom stereocenters. The summed E-state index contributed by atoms with van der Waals surface area (Å²) < 4.78 is 33.5. The van der Waals surface area contributed by atoms with Crippen LogP contribution in [0.1, 0.15) is 31.4 Å². The zero-order chi connectivity index (χ0) is 20.7. The number of esters is 1. The first-order chi connectivity index (χ1) is 13.4. The topological polar surface area (TPSA) is 57.2 Å². The second-order valence-corrected chi connectivity index (χ2v) is 7.06. The van der Waals surface area contributed by atoms with Crippen LogP contribution in [0.4, 0.5) is 8.78 Å². The molecule has 1 heterocycles. The highest BCUT2D eigenvalue weighted by Gasteiger charge is 2.28. The van der Waals surface area contributed by atoms with E-state index in [9.17, 15) is 13.6 Å². The minimum Gasteiger partial charge on any atom is -0.466 e. The maximum atomic E-state index is 14.2. The van der Waals surface area contributed by atoms with Crippen LogP contribution in [-0.4, -0.2) is 69.1 Å². The summed E-state index contributed by atoms with van der Waals surface area (Å²) in [5.41, 5.74) is 0.0384. The van der Waals surface area contributed by atoms with Crippen LogP contribution in [0.3, 0.4) is 0 Å². The summed E-state index contributed by atoms with van der Waals surface area (Å²) in [4.78, 5) is 20.0. The van der Waals surface area contributed by atoms with Crippen molar-refractivity contribution < 1.29 is 18.3 Å². The number of aliphatic imine (C=N–C) groups is 1. The van der Waals surface area contributed by atoms with E-state index in [1.165, 1.54) is 18.2 Å². The molecule has 0 aromatic heterocycles. The van der Waals surface area contributed by atoms with Gasteiger partial charge in [-0.2, -0.15) is 0 Å². The summed E-state index contributed by atoms with van der Waals surface area (Å²) >= 11 is 0. The van der Waals surface area contributed by atoms with E-state index in [-0.39, 0.29) is 41.4 Å². The van der Waals surface area contributed by atoms with E-state index in [4.69, 9.17) is 4.74 Å². The second kappa shape index (κ2) is 12.3. The number of rotatable bonds is 6. The number of nitrogens with zero attached hydrogens (tertiary/aromatic N) is 3. The Kier molecular flexibility index (Phi) is 10.8. The lowest BCUT2D eigenvalue weighted by atomic mass is 9.97. The largest absolute Gasteiger partial charge is 0.466 e. The van der Waals surface area contributed by atoms with Crippen LogP contribution in [-0.2, 0) is 9.53 Å². The summed E-state index contributed by atoms with van der Waals surface area (Å²) in [5.74, 6) is -0.702. The van der Waals surface area contributed by atoms with Crippen LogP contribution in [0.25, 0.3) is 0 Å². The highest BCUT2D eigenvalue weighted by atomic mass is 127. The van der Waals surface area contributed by atoms with Gasteiger partial charge in [0.15, 0.2) is 5.96 Å². The zero-order valence-electron chi connectivity index (χ0n) is 17.5. The third kappa shape index (κ3) is 6.77. The first-order valence-electron chi connectivity index (χ1n) is 9.61. The molecule has 1 aromatic rings. The van der Waals surface area contributed by atoms with E-state index in [1.54, 1.807) is 33.0 Å². The van der Waals surface area contributed by atoms with Crippen LogP contribution in [0.15, 0.2) is 23.2 Å². The van der Waals surface area contributed by atoms with Crippen molar-refractivity contribution in [2.45, 2.75) is 25.8 Å². The number of guanidine groups is 1. The Hall–Kier alpha value is -1.49. The molecule has 0 saturated carbocycles. The zero-order valence-corrected chi connectivity index (χ0v) is 19.8. The lowest BCUT2D eigenvalue weighted by molar-refractivity contribution is -0.149. The molecule has 1 aromatic carbocycles. The van der Waals surface area contributed by atoms with Gasteiger partial charge in [0.25, 0.3) is 0 Å². The van der Waals surface area contributed by atoms with Crippen LogP contribution in [0, 0.1) is 17.6 Å². The van der Waals surface area contributed by atoms with Crippen LogP contribution >= 0.6 is 24.0 Å². The molecular weight excluding hydrogens is 493 g/mol. The molecule has 2 rings (SSSR count). The van der Waals surface area contributed by atoms with Crippen LogP contribution in [0.5, 0.6) is 0 Å². The number of benzene rings is 1. The van der Waals surface area contributed by atoms with Gasteiger partial charge in [0.2, 0.25) is 0 Å². The minimum atomic E-state index is -0.564. The number of likely N-dealkylation sites (tertiary alicyclic amines) is 1. The van der Waals surface area contributed by atoms with Crippen molar-refractivity contribution in [3.63, 3.8) is 0 Å². The molecule has 1 saturated heterocycles. The van der Waals surface area contributed by atoms with Crippen molar-refractivity contribution >= 4 is 35.9 Å². The van der Waals surface area contributed by atoms with Crippen molar-refractivity contribution in [3.8, 4) is 0 Å². The number of carbonyl (C=O) groups is 1. The van der Waals surface area contributed by atoms with Crippen molar-refractivity contribution in [2.75, 3.05) is 47.4 Å². The normalized spacial score (nSPS) is 16.4. The van der Waals surface area contributed by atoms with Gasteiger partial charge in [0.1, 0.15) is 11.6 Å². The third-order valence-electron chi connectivity index (χ3n) is 5.04. The number of halogens is 3. The maximum Gasteiger partial charge on any atom is 0.309 e. The van der Waals surface area contributed by atoms with Gasteiger partial charge >= 0.3 is 5.97 Å². The molecule has 0 spiro atoms. The number of piperidine rings is 1. The van der Waals surface area contributed by atoms with E-state index in [0.717, 1.165) is 0 Å². The van der Waals surface area contributed by atoms with Crippen molar-refractivity contribution in [3.05, 3.63) is 35.4 Å². The lowest BCUT2D eigenvalue weighted by Gasteiger charge is -2.34. The smallest absolute Gasteiger partial charge is 0.309 e. The van der Waals surface area contributed by atoms with Gasteiger partial charge in [-0.25, -0.2) is 8.78 Å². The predicted octanol–water partition coefficient (Wildman–Crippen LogP) is 3.04. The molecule has 1 aliphatic rings. The van der Waals surface area contributed by atoms with E-state index in [1.807, 2.05) is 0 Å². The number of hydrogen-bond acceptors (Lipinski definition) is 4. The Labute approximate surface area is 188 Å². The Balaban J connectivity index is 0.00000420. The predicted molar refractivity (Wildman–Crippen MR) is 120 cm³/mol. The quantitative estimate of drug-likeness (QED) is 0.269. The fourth-order valence-electron chi connectivity index (χ4n) is 3.48. The molecule has 9 heteroatoms. The van der Waals surface area contributed by atoms with E-state index >= 15 is 0 Å². The summed E-state index contributed by atoms with van der Waals surface area (Å²) in [5, 5.41) is 3.23. The van der Waals surface area contributed by atoms with Gasteiger partial charge in [-0.3, -0.25) is 9.79 Å². The summed E-state index contributed by atoms with van der Waals surface area (Å²) in [6.07, 6.45) is 1.39. The van der Waals surface area contributed by atoms with Crippen LogP contribution in [0.2, 0.25) is 0 Å². The summed E-state index contributed by atoms with van der Waals surface area (Å²) in [6.45, 7) is 3.84. The average Bonchev–Trinajstić information content (AvgIpc) is 2.67. The highest BCUT2D eigenvalue weighted by Crippen LogP contribution is 2.24. The maximum absolute atomic E-state index is 14.2. The minimum absolute atomic E-state index is 0. The van der Waals surface area contributed by atoms with Gasteiger partial charge < -0.3 is 19.9 Å². The fraction of sp³-hybridized carbons (Fsp3) is 0.600. The Morgan fingerprint density at radius 1 is 1.31 bits per heavy atom. The Morgan fingerprint density at radius 3 is 2.38 bits per heavy atom. The molecule has 0 bridgehead atoms. The van der Waals surface area contributed by atoms with Gasteiger partial charge in [-0.15, -0.1) is 24.0 Å². The monoisotopic (exact) mass is 524 g/mol. The van der Waals surface area contributed by atoms with E-state index in [0.29, 0.717) is 45.0 Å². The Morgan fingerprint density at radius 2 is 1.90 bits per heavy atom. The molecule has 1 atom stereocenters. The molecule has 0 radical (unpaired) electrons. The van der Waals surface area contributed by atoms with Crippen molar-refractivity contribution in [1.82, 2.24) is 15.1 Å². The molecule has 1 N–H and O–H groups in total. The van der Waals surface area contributed by atoms with Gasteiger partial charge in [0.05, 0.1) is 18.6 Å². The van der Waals surface area contributed by atoms with Crippen LogP contribution < -0.4 is 5.32 Å². The first-order valence-corrected chi connectivity index (χ1v) is 9.61. The molecule has 6 nitrogen and oxygen atoms in total. The SMILES string of the molecule is CCOC(=O)C1CCN(C(=NC)NCC(c2c(F)cccc2F)N(C)C)CC1.I. The van der Waals surface area contributed by atoms with E-state index < -0.39 is 17.7 Å². The second-order valence-electron chi connectivity index (χ2n) is 7.06. The number of hydrogen-bond donors (Lipinski definition) is 1. The lowest BCUT2D eigenvalue weighted by Crippen LogP contribution is -2.48. The van der Waals surface area contributed by atoms with Crippen molar-refractivity contribution in [1.29, 1.82) is 0 Å². The number of carbonyl (C=O) groups excluding carboxylic acids is 1. The first kappa shape index (κ1) is 25.5. The fourth-order valence-corrected chi connectivity index (χ4v) is 3.48. The van der Waals surface area contributed by atoms with Gasteiger partial charge in [-0.05, 0) is 46.0 Å². The molecule has 1 aliphatic heterocycles. The molecular formula is C20H31F2IN4O2. The molecule has 0 aliphatic carbocycles. The van der Waals surface area contributed by atoms with E-state index in [2.05, 4.69) is 15.2 Å². The van der Waals surface area contributed by atoms with Gasteiger partial charge in [0, 0.05) is 32.2 Å². The highest BCUT2D eigenvalue weighted by molar-refractivity contribution is 14.0. The molecule has 0 amide bonds. The molecule has 164 valence electrons. The summed E-state index contributed by atoms with van der Waals surface area (Å²) in [6, 6.07) is 3.41. The number of likely N-dealkylation sites (N-methyl/N-ethyl adjacent to an activating group) is 1. The Bertz CT molecular complexity index is 675. The average molecular weight is 524 g/mol. The summed E-state index contributed by atoms with van der Waals surface area (Å²) in [7, 11) is 5.24. The number of nitrogens with one attached hydrogen (secondary N) is 1. The van der Waals surface area contributed by atoms with Crippen molar-refractivity contribution in [2.24, 2.45) is 10.9 Å². The standard InChI is InChI=1S/C20H30F2N4O2.HI/c1-5-28-19(27)14-9-11-26(12-10-14)20(23-2)24-13-17(25(3)4)18-15(21)7-6-8-16(18)22;/h6-8,14,17H,5,9-13H2,1-4H3,(H,23,24);1H.